The standard InChI is InChI=1S/C18H24N4O/c1-23-16-7-5-15(6-8-16)9-10-19-17-13-18(21-14-20-17)22-11-3-2-4-12-22/h5-8,13-14H,2-4,9-12H2,1H3,(H,19,20,21). The van der Waals surface area contributed by atoms with Gasteiger partial charge in [-0.1, -0.05) is 12.1 Å². The second-order valence-corrected chi connectivity index (χ2v) is 5.83. The Balaban J connectivity index is 1.53. The zero-order valence-corrected chi connectivity index (χ0v) is 13.7. The van der Waals surface area contributed by atoms with Crippen LogP contribution >= 0.6 is 0 Å². The molecule has 5 nitrogen and oxygen atoms in total. The number of methoxy groups -OCH3 is 1. The van der Waals surface area contributed by atoms with Crippen LogP contribution in [0.1, 0.15) is 24.8 Å². The maximum Gasteiger partial charge on any atom is 0.134 e. The Bertz CT molecular complexity index is 609. The molecule has 1 aromatic carbocycles. The maximum absolute atomic E-state index is 5.18. The van der Waals surface area contributed by atoms with E-state index in [9.17, 15) is 0 Å². The molecule has 1 saturated heterocycles. The highest BCUT2D eigenvalue weighted by Gasteiger charge is 2.12. The van der Waals surface area contributed by atoms with Gasteiger partial charge in [0.25, 0.3) is 0 Å². The average molecular weight is 312 g/mol. The number of anilines is 2. The van der Waals surface area contributed by atoms with Gasteiger partial charge >= 0.3 is 0 Å². The van der Waals surface area contributed by atoms with Gasteiger partial charge in [0.05, 0.1) is 7.11 Å². The van der Waals surface area contributed by atoms with Crippen LogP contribution in [0.4, 0.5) is 11.6 Å². The van der Waals surface area contributed by atoms with E-state index in [0.717, 1.165) is 43.4 Å². The van der Waals surface area contributed by atoms with E-state index < -0.39 is 0 Å². The molecular formula is C18H24N4O. The first-order valence-corrected chi connectivity index (χ1v) is 8.29. The number of hydrogen-bond acceptors (Lipinski definition) is 5. The maximum atomic E-state index is 5.18. The molecule has 0 aliphatic carbocycles. The van der Waals surface area contributed by atoms with Gasteiger partial charge in [0, 0.05) is 25.7 Å². The summed E-state index contributed by atoms with van der Waals surface area (Å²) in [4.78, 5) is 11.1. The normalized spacial score (nSPS) is 14.6. The largest absolute Gasteiger partial charge is 0.497 e. The molecule has 23 heavy (non-hydrogen) atoms. The van der Waals surface area contributed by atoms with E-state index in [-0.39, 0.29) is 0 Å². The highest BCUT2D eigenvalue weighted by molar-refractivity contribution is 5.48. The van der Waals surface area contributed by atoms with Crippen LogP contribution in [0.25, 0.3) is 0 Å². The lowest BCUT2D eigenvalue weighted by Crippen LogP contribution is -2.30. The highest BCUT2D eigenvalue weighted by Crippen LogP contribution is 2.19. The highest BCUT2D eigenvalue weighted by atomic mass is 16.5. The predicted octanol–water partition coefficient (Wildman–Crippen LogP) is 3.13. The third kappa shape index (κ3) is 4.34. The van der Waals surface area contributed by atoms with Crippen LogP contribution in [-0.4, -0.2) is 36.7 Å². The third-order valence-electron chi connectivity index (χ3n) is 4.21. The summed E-state index contributed by atoms with van der Waals surface area (Å²) in [5.41, 5.74) is 1.28. The number of rotatable bonds is 6. The summed E-state index contributed by atoms with van der Waals surface area (Å²) in [5.74, 6) is 2.82. The molecular weight excluding hydrogens is 288 g/mol. The van der Waals surface area contributed by atoms with E-state index in [1.807, 2.05) is 12.1 Å². The van der Waals surface area contributed by atoms with Crippen molar-refractivity contribution < 1.29 is 4.74 Å². The first-order chi connectivity index (χ1) is 11.3. The fourth-order valence-electron chi connectivity index (χ4n) is 2.87. The van der Waals surface area contributed by atoms with Gasteiger partial charge in [-0.15, -0.1) is 0 Å². The van der Waals surface area contributed by atoms with Crippen LogP contribution in [0.2, 0.25) is 0 Å². The molecule has 3 rings (SSSR count). The monoisotopic (exact) mass is 312 g/mol. The first kappa shape index (κ1) is 15.6. The van der Waals surface area contributed by atoms with Crippen LogP contribution in [0, 0.1) is 0 Å². The number of nitrogens with one attached hydrogen (secondary N) is 1. The van der Waals surface area contributed by atoms with Crippen molar-refractivity contribution in [3.63, 3.8) is 0 Å². The van der Waals surface area contributed by atoms with Crippen molar-refractivity contribution in [2.45, 2.75) is 25.7 Å². The van der Waals surface area contributed by atoms with Crippen molar-refractivity contribution in [3.8, 4) is 5.75 Å². The Labute approximate surface area is 137 Å². The van der Waals surface area contributed by atoms with Crippen molar-refractivity contribution in [2.75, 3.05) is 37.0 Å². The summed E-state index contributed by atoms with van der Waals surface area (Å²) < 4.78 is 5.18. The lowest BCUT2D eigenvalue weighted by molar-refractivity contribution is 0.414. The average Bonchev–Trinajstić information content (AvgIpc) is 2.63. The minimum atomic E-state index is 0.850. The zero-order valence-electron chi connectivity index (χ0n) is 13.7. The molecule has 0 saturated carbocycles. The van der Waals surface area contributed by atoms with Crippen LogP contribution in [0.15, 0.2) is 36.7 Å². The Hall–Kier alpha value is -2.30. The topological polar surface area (TPSA) is 50.3 Å². The summed E-state index contributed by atoms with van der Waals surface area (Å²) in [5, 5.41) is 3.39. The minimum absolute atomic E-state index is 0.850. The van der Waals surface area contributed by atoms with Crippen molar-refractivity contribution in [2.24, 2.45) is 0 Å². The number of piperidine rings is 1. The Morgan fingerprint density at radius 3 is 2.61 bits per heavy atom. The summed E-state index contributed by atoms with van der Waals surface area (Å²) in [6.45, 7) is 3.05. The number of aromatic nitrogens is 2. The second kappa shape index (κ2) is 7.81. The zero-order chi connectivity index (χ0) is 15.9. The molecule has 2 aromatic rings. The van der Waals surface area contributed by atoms with E-state index in [1.165, 1.54) is 24.8 Å². The molecule has 1 aliphatic heterocycles. The van der Waals surface area contributed by atoms with Gasteiger partial charge in [0.15, 0.2) is 0 Å². The van der Waals surface area contributed by atoms with Crippen molar-refractivity contribution in [3.05, 3.63) is 42.2 Å². The summed E-state index contributed by atoms with van der Waals surface area (Å²) >= 11 is 0. The van der Waals surface area contributed by atoms with Gasteiger partial charge in [-0.25, -0.2) is 9.97 Å². The number of benzene rings is 1. The third-order valence-corrected chi connectivity index (χ3v) is 4.21. The molecule has 0 bridgehead atoms. The Kier molecular flexibility index (Phi) is 5.29. The smallest absolute Gasteiger partial charge is 0.134 e. The van der Waals surface area contributed by atoms with Crippen LogP contribution < -0.4 is 15.0 Å². The van der Waals surface area contributed by atoms with Crippen molar-refractivity contribution in [1.82, 2.24) is 9.97 Å². The molecule has 5 heteroatoms. The van der Waals surface area contributed by atoms with Gasteiger partial charge in [0.2, 0.25) is 0 Å². The summed E-state index contributed by atoms with van der Waals surface area (Å²) in [6.07, 6.45) is 6.44. The quantitative estimate of drug-likeness (QED) is 0.888. The molecule has 1 N–H and O–H groups in total. The molecule has 1 aromatic heterocycles. The molecule has 0 unspecified atom stereocenters. The molecule has 1 fully saturated rings. The lowest BCUT2D eigenvalue weighted by Gasteiger charge is -2.27. The van der Waals surface area contributed by atoms with Gasteiger partial charge in [0.1, 0.15) is 23.7 Å². The van der Waals surface area contributed by atoms with Crippen LogP contribution in [0.5, 0.6) is 5.75 Å². The van der Waals surface area contributed by atoms with E-state index in [0.29, 0.717) is 0 Å². The fourth-order valence-corrected chi connectivity index (χ4v) is 2.87. The van der Waals surface area contributed by atoms with Crippen LogP contribution in [0.3, 0.4) is 0 Å². The summed E-state index contributed by atoms with van der Waals surface area (Å²) in [7, 11) is 1.69. The van der Waals surface area contributed by atoms with Gasteiger partial charge in [-0.05, 0) is 43.4 Å². The van der Waals surface area contributed by atoms with E-state index in [2.05, 4.69) is 38.4 Å². The fraction of sp³-hybridized carbons (Fsp3) is 0.444. The molecule has 0 atom stereocenters. The molecule has 0 radical (unpaired) electrons. The molecule has 0 amide bonds. The minimum Gasteiger partial charge on any atom is -0.497 e. The van der Waals surface area contributed by atoms with Crippen molar-refractivity contribution in [1.29, 1.82) is 0 Å². The first-order valence-electron chi connectivity index (χ1n) is 8.29. The predicted molar refractivity (Wildman–Crippen MR) is 93.3 cm³/mol. The molecule has 1 aliphatic rings. The van der Waals surface area contributed by atoms with E-state index in [4.69, 9.17) is 4.74 Å². The van der Waals surface area contributed by atoms with Gasteiger partial charge < -0.3 is 15.0 Å². The Morgan fingerprint density at radius 1 is 1.09 bits per heavy atom. The molecule has 0 spiro atoms. The number of hydrogen-bond donors (Lipinski definition) is 1. The van der Waals surface area contributed by atoms with Crippen molar-refractivity contribution >= 4 is 11.6 Å². The summed E-state index contributed by atoms with van der Waals surface area (Å²) in [6, 6.07) is 10.2. The number of ether oxygens (including phenoxy) is 1. The van der Waals surface area contributed by atoms with E-state index in [1.54, 1.807) is 13.4 Å². The second-order valence-electron chi connectivity index (χ2n) is 5.83. The Morgan fingerprint density at radius 2 is 1.87 bits per heavy atom. The lowest BCUT2D eigenvalue weighted by atomic mass is 10.1. The SMILES string of the molecule is COc1ccc(CCNc2cc(N3CCCCC3)ncn2)cc1. The number of nitrogens with zero attached hydrogens (tertiary/aromatic N) is 3. The molecule has 122 valence electrons. The molecule has 2 heterocycles. The van der Waals surface area contributed by atoms with Gasteiger partial charge in [-0.3, -0.25) is 0 Å². The van der Waals surface area contributed by atoms with E-state index >= 15 is 0 Å². The van der Waals surface area contributed by atoms with Gasteiger partial charge in [-0.2, -0.15) is 0 Å². The van der Waals surface area contributed by atoms with Crippen LogP contribution in [-0.2, 0) is 6.42 Å².